The fraction of sp³-hybridized carbons (Fsp3) is 0.417. The van der Waals surface area contributed by atoms with Crippen molar-refractivity contribution >= 4 is 0 Å². The molecule has 2 unspecified atom stereocenters. The minimum atomic E-state index is -0.0993. The first-order valence-electron chi connectivity index (χ1n) is 5.11. The van der Waals surface area contributed by atoms with Crippen molar-refractivity contribution in [1.82, 2.24) is 4.90 Å². The highest BCUT2D eigenvalue weighted by Crippen LogP contribution is 2.27. The SMILES string of the molecule is CC(C#N)N1COCC1c1ccccc1. The first kappa shape index (κ1) is 10.2. The van der Waals surface area contributed by atoms with E-state index in [1.807, 2.05) is 25.1 Å². The first-order chi connectivity index (χ1) is 7.33. The van der Waals surface area contributed by atoms with Gasteiger partial charge in [-0.05, 0) is 12.5 Å². The van der Waals surface area contributed by atoms with Crippen molar-refractivity contribution in [3.05, 3.63) is 35.9 Å². The second-order valence-electron chi connectivity index (χ2n) is 3.75. The van der Waals surface area contributed by atoms with Crippen LogP contribution >= 0.6 is 0 Å². The Morgan fingerprint density at radius 2 is 2.20 bits per heavy atom. The summed E-state index contributed by atoms with van der Waals surface area (Å²) >= 11 is 0. The summed E-state index contributed by atoms with van der Waals surface area (Å²) in [7, 11) is 0. The molecule has 0 saturated carbocycles. The zero-order chi connectivity index (χ0) is 10.7. The smallest absolute Gasteiger partial charge is 0.101 e. The van der Waals surface area contributed by atoms with Crippen molar-refractivity contribution in [1.29, 1.82) is 5.26 Å². The van der Waals surface area contributed by atoms with Crippen LogP contribution in [0.15, 0.2) is 30.3 Å². The van der Waals surface area contributed by atoms with Crippen LogP contribution in [0.5, 0.6) is 0 Å². The minimum Gasteiger partial charge on any atom is -0.364 e. The van der Waals surface area contributed by atoms with Crippen molar-refractivity contribution < 1.29 is 4.74 Å². The lowest BCUT2D eigenvalue weighted by molar-refractivity contribution is 0.127. The molecule has 0 radical (unpaired) electrons. The van der Waals surface area contributed by atoms with Gasteiger partial charge >= 0.3 is 0 Å². The summed E-state index contributed by atoms with van der Waals surface area (Å²) in [6.07, 6.45) is 0. The number of nitrogens with zero attached hydrogens (tertiary/aromatic N) is 2. The van der Waals surface area contributed by atoms with E-state index in [9.17, 15) is 0 Å². The third-order valence-electron chi connectivity index (χ3n) is 2.79. The molecule has 2 rings (SSSR count). The Morgan fingerprint density at radius 1 is 1.47 bits per heavy atom. The van der Waals surface area contributed by atoms with Crippen molar-refractivity contribution in [2.75, 3.05) is 13.3 Å². The van der Waals surface area contributed by atoms with Crippen LogP contribution in [0.3, 0.4) is 0 Å². The van der Waals surface area contributed by atoms with Gasteiger partial charge in [0.25, 0.3) is 0 Å². The third kappa shape index (κ3) is 2.01. The van der Waals surface area contributed by atoms with Gasteiger partial charge in [0.05, 0.1) is 24.8 Å². The van der Waals surface area contributed by atoms with E-state index in [-0.39, 0.29) is 12.1 Å². The van der Waals surface area contributed by atoms with Gasteiger partial charge in [-0.25, -0.2) is 0 Å². The molecule has 0 bridgehead atoms. The highest BCUT2D eigenvalue weighted by Gasteiger charge is 2.30. The molecule has 0 aromatic heterocycles. The maximum Gasteiger partial charge on any atom is 0.101 e. The van der Waals surface area contributed by atoms with Gasteiger partial charge in [-0.3, -0.25) is 4.90 Å². The summed E-state index contributed by atoms with van der Waals surface area (Å²) < 4.78 is 5.42. The average molecular weight is 202 g/mol. The van der Waals surface area contributed by atoms with E-state index in [0.717, 1.165) is 0 Å². The Bertz CT molecular complexity index is 358. The molecule has 0 spiro atoms. The van der Waals surface area contributed by atoms with Crippen LogP contribution in [0.4, 0.5) is 0 Å². The van der Waals surface area contributed by atoms with Crippen molar-refractivity contribution in [2.45, 2.75) is 19.0 Å². The number of hydrogen-bond donors (Lipinski definition) is 0. The van der Waals surface area contributed by atoms with E-state index in [1.165, 1.54) is 5.56 Å². The maximum absolute atomic E-state index is 8.91. The number of ether oxygens (including phenoxy) is 1. The molecule has 1 aromatic carbocycles. The van der Waals surface area contributed by atoms with Crippen LogP contribution in [0.1, 0.15) is 18.5 Å². The summed E-state index contributed by atoms with van der Waals surface area (Å²) in [5.74, 6) is 0. The van der Waals surface area contributed by atoms with E-state index < -0.39 is 0 Å². The van der Waals surface area contributed by atoms with Crippen LogP contribution < -0.4 is 0 Å². The molecule has 0 amide bonds. The molecule has 1 saturated heterocycles. The van der Waals surface area contributed by atoms with Gasteiger partial charge in [-0.2, -0.15) is 5.26 Å². The van der Waals surface area contributed by atoms with Crippen LogP contribution in [-0.4, -0.2) is 24.3 Å². The van der Waals surface area contributed by atoms with Gasteiger partial charge in [0.15, 0.2) is 0 Å². The zero-order valence-electron chi connectivity index (χ0n) is 8.76. The highest BCUT2D eigenvalue weighted by molar-refractivity contribution is 5.20. The molecule has 78 valence electrons. The predicted molar refractivity (Wildman–Crippen MR) is 56.9 cm³/mol. The standard InChI is InChI=1S/C12H14N2O/c1-10(7-13)14-9-15-8-12(14)11-5-3-2-4-6-11/h2-6,10,12H,8-9H2,1H3. The molecule has 0 aliphatic carbocycles. The second-order valence-corrected chi connectivity index (χ2v) is 3.75. The molecule has 3 heteroatoms. The monoisotopic (exact) mass is 202 g/mol. The minimum absolute atomic E-state index is 0.0993. The maximum atomic E-state index is 8.91. The molecule has 0 N–H and O–H groups in total. The van der Waals surface area contributed by atoms with Crippen LogP contribution in [0.2, 0.25) is 0 Å². The fourth-order valence-electron chi connectivity index (χ4n) is 1.87. The van der Waals surface area contributed by atoms with Crippen LogP contribution in [0.25, 0.3) is 0 Å². The molecule has 2 atom stereocenters. The molecule has 1 aliphatic rings. The Balaban J connectivity index is 2.19. The van der Waals surface area contributed by atoms with Crippen LogP contribution in [0, 0.1) is 11.3 Å². The molecule has 1 heterocycles. The van der Waals surface area contributed by atoms with Gasteiger partial charge in [0.2, 0.25) is 0 Å². The molecular weight excluding hydrogens is 188 g/mol. The number of rotatable bonds is 2. The Morgan fingerprint density at radius 3 is 2.87 bits per heavy atom. The molecule has 1 fully saturated rings. The topological polar surface area (TPSA) is 36.3 Å². The summed E-state index contributed by atoms with van der Waals surface area (Å²) in [5.41, 5.74) is 1.22. The summed E-state index contributed by atoms with van der Waals surface area (Å²) in [4.78, 5) is 2.08. The van der Waals surface area contributed by atoms with E-state index >= 15 is 0 Å². The zero-order valence-corrected chi connectivity index (χ0v) is 8.76. The van der Waals surface area contributed by atoms with Crippen molar-refractivity contribution in [2.24, 2.45) is 0 Å². The fourth-order valence-corrected chi connectivity index (χ4v) is 1.87. The van der Waals surface area contributed by atoms with E-state index in [2.05, 4.69) is 23.1 Å². The number of nitriles is 1. The quantitative estimate of drug-likeness (QED) is 0.735. The third-order valence-corrected chi connectivity index (χ3v) is 2.79. The van der Waals surface area contributed by atoms with E-state index in [4.69, 9.17) is 10.00 Å². The second kappa shape index (κ2) is 4.43. The lowest BCUT2D eigenvalue weighted by Gasteiger charge is -2.24. The Kier molecular flexibility index (Phi) is 3.00. The first-order valence-corrected chi connectivity index (χ1v) is 5.11. The van der Waals surface area contributed by atoms with E-state index in [1.54, 1.807) is 0 Å². The normalized spacial score (nSPS) is 23.6. The molecular formula is C12H14N2O. The molecule has 1 aromatic rings. The van der Waals surface area contributed by atoms with Gasteiger partial charge in [-0.15, -0.1) is 0 Å². The Hall–Kier alpha value is -1.37. The average Bonchev–Trinajstić information content (AvgIpc) is 2.78. The molecule has 1 aliphatic heterocycles. The predicted octanol–water partition coefficient (Wildman–Crippen LogP) is 1.93. The van der Waals surface area contributed by atoms with Gasteiger partial charge in [0.1, 0.15) is 6.73 Å². The van der Waals surface area contributed by atoms with Gasteiger partial charge < -0.3 is 4.74 Å². The summed E-state index contributed by atoms with van der Waals surface area (Å²) in [6.45, 7) is 3.13. The van der Waals surface area contributed by atoms with Crippen molar-refractivity contribution in [3.8, 4) is 6.07 Å². The van der Waals surface area contributed by atoms with Crippen molar-refractivity contribution in [3.63, 3.8) is 0 Å². The Labute approximate surface area is 89.9 Å². The number of benzene rings is 1. The largest absolute Gasteiger partial charge is 0.364 e. The summed E-state index contributed by atoms with van der Waals surface area (Å²) in [5, 5.41) is 8.91. The summed E-state index contributed by atoms with van der Waals surface area (Å²) in [6, 6.07) is 12.6. The number of hydrogen-bond acceptors (Lipinski definition) is 3. The highest BCUT2D eigenvalue weighted by atomic mass is 16.5. The lowest BCUT2D eigenvalue weighted by Crippen LogP contribution is -2.32. The van der Waals surface area contributed by atoms with Gasteiger partial charge in [0, 0.05) is 0 Å². The lowest BCUT2D eigenvalue weighted by atomic mass is 10.1. The van der Waals surface area contributed by atoms with E-state index in [0.29, 0.717) is 13.3 Å². The molecule has 3 nitrogen and oxygen atoms in total. The van der Waals surface area contributed by atoms with Gasteiger partial charge in [-0.1, -0.05) is 30.3 Å². The molecule has 15 heavy (non-hydrogen) atoms. The van der Waals surface area contributed by atoms with Crippen LogP contribution in [-0.2, 0) is 4.74 Å².